The van der Waals surface area contributed by atoms with Crippen molar-refractivity contribution in [3.05, 3.63) is 54.0 Å². The first-order valence-electron chi connectivity index (χ1n) is 9.12. The highest BCUT2D eigenvalue weighted by atomic mass is 16.5. The van der Waals surface area contributed by atoms with Gasteiger partial charge >= 0.3 is 5.97 Å². The number of anilines is 1. The summed E-state index contributed by atoms with van der Waals surface area (Å²) in [5.74, 6) is 0.275. The molecule has 2 aromatic rings. The summed E-state index contributed by atoms with van der Waals surface area (Å²) in [4.78, 5) is 34.6. The van der Waals surface area contributed by atoms with Gasteiger partial charge in [0.15, 0.2) is 5.69 Å². The molecule has 4 rings (SSSR count). The molecule has 0 saturated carbocycles. The third-order valence-electron chi connectivity index (χ3n) is 5.59. The van der Waals surface area contributed by atoms with E-state index in [1.165, 1.54) is 13.4 Å². The fourth-order valence-corrected chi connectivity index (χ4v) is 4.07. The number of hydrogen-bond donors (Lipinski definition) is 1. The minimum Gasteiger partial charge on any atom is -0.464 e. The Morgan fingerprint density at radius 3 is 2.67 bits per heavy atom. The Morgan fingerprint density at radius 1 is 1.22 bits per heavy atom. The standard InChI is InChI=1S/C20H22N4O3/c1-27-19(26)16-11-17(22-13-21-16)24-9-7-20(8-10-24)12-15(18(25)23-20)14-5-3-2-4-6-14/h2-6,11,13,15H,7-10,12H2,1H3,(H,23,25). The lowest BCUT2D eigenvalue weighted by atomic mass is 9.82. The highest BCUT2D eigenvalue weighted by Crippen LogP contribution is 2.39. The third kappa shape index (κ3) is 3.37. The second kappa shape index (κ2) is 6.98. The van der Waals surface area contributed by atoms with Crippen molar-refractivity contribution < 1.29 is 14.3 Å². The quantitative estimate of drug-likeness (QED) is 0.836. The van der Waals surface area contributed by atoms with Gasteiger partial charge in [-0.15, -0.1) is 0 Å². The number of aromatic nitrogens is 2. The number of nitrogens with zero attached hydrogens (tertiary/aromatic N) is 3. The third-order valence-corrected chi connectivity index (χ3v) is 5.59. The Kier molecular flexibility index (Phi) is 4.51. The number of amides is 1. The molecule has 7 nitrogen and oxygen atoms in total. The average molecular weight is 366 g/mol. The number of rotatable bonds is 3. The molecule has 1 amide bonds. The Balaban J connectivity index is 1.45. The van der Waals surface area contributed by atoms with Gasteiger partial charge in [-0.2, -0.15) is 0 Å². The van der Waals surface area contributed by atoms with Gasteiger partial charge in [-0.25, -0.2) is 14.8 Å². The molecular formula is C20H22N4O3. The van der Waals surface area contributed by atoms with E-state index in [9.17, 15) is 9.59 Å². The van der Waals surface area contributed by atoms with Crippen molar-refractivity contribution in [2.45, 2.75) is 30.7 Å². The van der Waals surface area contributed by atoms with Crippen LogP contribution in [0.3, 0.4) is 0 Å². The number of carbonyl (C=O) groups excluding carboxylic acids is 2. The van der Waals surface area contributed by atoms with Gasteiger partial charge in [-0.05, 0) is 24.8 Å². The van der Waals surface area contributed by atoms with Crippen LogP contribution in [-0.2, 0) is 9.53 Å². The zero-order chi connectivity index (χ0) is 18.9. The minimum absolute atomic E-state index is 0.0808. The van der Waals surface area contributed by atoms with Crippen LogP contribution in [-0.4, -0.2) is 47.6 Å². The predicted molar refractivity (Wildman–Crippen MR) is 99.5 cm³/mol. The molecule has 2 aliphatic heterocycles. The van der Waals surface area contributed by atoms with E-state index in [1.807, 2.05) is 30.3 Å². The Bertz CT molecular complexity index is 847. The summed E-state index contributed by atoms with van der Waals surface area (Å²) in [6.45, 7) is 1.53. The first kappa shape index (κ1) is 17.5. The maximum absolute atomic E-state index is 12.6. The van der Waals surface area contributed by atoms with E-state index in [0.29, 0.717) is 5.82 Å². The Labute approximate surface area is 157 Å². The smallest absolute Gasteiger partial charge is 0.356 e. The lowest BCUT2D eigenvalue weighted by Gasteiger charge is -2.39. The van der Waals surface area contributed by atoms with Crippen molar-refractivity contribution >= 4 is 17.7 Å². The maximum Gasteiger partial charge on any atom is 0.356 e. The predicted octanol–water partition coefficient (Wildman–Crippen LogP) is 1.91. The number of benzene rings is 1. The second-order valence-corrected chi connectivity index (χ2v) is 7.18. The molecule has 1 aromatic carbocycles. The molecule has 0 aliphatic carbocycles. The van der Waals surface area contributed by atoms with E-state index < -0.39 is 5.97 Å². The zero-order valence-corrected chi connectivity index (χ0v) is 15.2. The van der Waals surface area contributed by atoms with Crippen LogP contribution in [0.4, 0.5) is 5.82 Å². The monoisotopic (exact) mass is 366 g/mol. The highest BCUT2D eigenvalue weighted by molar-refractivity contribution is 5.88. The first-order chi connectivity index (χ1) is 13.1. The van der Waals surface area contributed by atoms with Gasteiger partial charge in [0.2, 0.25) is 5.91 Å². The SMILES string of the molecule is COC(=O)c1cc(N2CCC3(CC2)CC(c2ccccc2)C(=O)N3)ncn1. The molecule has 2 aliphatic rings. The van der Waals surface area contributed by atoms with Crippen LogP contribution < -0.4 is 10.2 Å². The molecule has 1 unspecified atom stereocenters. The highest BCUT2D eigenvalue weighted by Gasteiger charge is 2.46. The second-order valence-electron chi connectivity index (χ2n) is 7.18. The summed E-state index contributed by atoms with van der Waals surface area (Å²) < 4.78 is 4.73. The maximum atomic E-state index is 12.6. The minimum atomic E-state index is -0.471. The number of esters is 1. The normalized spacial score (nSPS) is 21.1. The summed E-state index contributed by atoms with van der Waals surface area (Å²) in [5.41, 5.74) is 1.17. The van der Waals surface area contributed by atoms with Gasteiger partial charge in [-0.1, -0.05) is 30.3 Å². The van der Waals surface area contributed by atoms with Crippen molar-refractivity contribution in [1.29, 1.82) is 0 Å². The van der Waals surface area contributed by atoms with Crippen molar-refractivity contribution in [3.63, 3.8) is 0 Å². The largest absolute Gasteiger partial charge is 0.464 e. The van der Waals surface area contributed by atoms with Crippen LogP contribution in [0.2, 0.25) is 0 Å². The molecule has 1 N–H and O–H groups in total. The summed E-state index contributed by atoms with van der Waals surface area (Å²) in [6.07, 6.45) is 3.90. The number of nitrogens with one attached hydrogen (secondary N) is 1. The molecule has 7 heteroatoms. The molecule has 1 aromatic heterocycles. The fraction of sp³-hybridized carbons (Fsp3) is 0.400. The van der Waals surface area contributed by atoms with Crippen LogP contribution in [0.1, 0.15) is 41.2 Å². The molecular weight excluding hydrogens is 344 g/mol. The molecule has 0 radical (unpaired) electrons. The molecule has 140 valence electrons. The Morgan fingerprint density at radius 2 is 1.96 bits per heavy atom. The number of methoxy groups -OCH3 is 1. The summed E-state index contributed by atoms with van der Waals surface area (Å²) in [6, 6.07) is 11.6. The van der Waals surface area contributed by atoms with Gasteiger partial charge in [0.25, 0.3) is 0 Å². The van der Waals surface area contributed by atoms with Crippen LogP contribution in [0.15, 0.2) is 42.7 Å². The molecule has 1 atom stereocenters. The van der Waals surface area contributed by atoms with Crippen LogP contribution in [0.25, 0.3) is 0 Å². The van der Waals surface area contributed by atoms with Crippen LogP contribution in [0.5, 0.6) is 0 Å². The molecule has 2 saturated heterocycles. The summed E-state index contributed by atoms with van der Waals surface area (Å²) >= 11 is 0. The van der Waals surface area contributed by atoms with Crippen molar-refractivity contribution in [3.8, 4) is 0 Å². The van der Waals surface area contributed by atoms with Gasteiger partial charge in [0.05, 0.1) is 13.0 Å². The lowest BCUT2D eigenvalue weighted by molar-refractivity contribution is -0.121. The average Bonchev–Trinajstić information content (AvgIpc) is 3.04. The van der Waals surface area contributed by atoms with E-state index in [-0.39, 0.29) is 23.1 Å². The van der Waals surface area contributed by atoms with Crippen LogP contribution >= 0.6 is 0 Å². The fourth-order valence-electron chi connectivity index (χ4n) is 4.07. The van der Waals surface area contributed by atoms with Crippen LogP contribution in [0, 0.1) is 0 Å². The van der Waals surface area contributed by atoms with E-state index in [2.05, 4.69) is 20.2 Å². The number of hydrogen-bond acceptors (Lipinski definition) is 6. The van der Waals surface area contributed by atoms with Gasteiger partial charge in [0.1, 0.15) is 12.1 Å². The number of piperidine rings is 1. The van der Waals surface area contributed by atoms with Gasteiger partial charge in [-0.3, -0.25) is 4.79 Å². The topological polar surface area (TPSA) is 84.4 Å². The zero-order valence-electron chi connectivity index (χ0n) is 15.2. The molecule has 1 spiro atoms. The van der Waals surface area contributed by atoms with Gasteiger partial charge in [0, 0.05) is 24.7 Å². The van der Waals surface area contributed by atoms with E-state index >= 15 is 0 Å². The number of carbonyl (C=O) groups is 2. The Hall–Kier alpha value is -2.96. The summed E-state index contributed by atoms with van der Waals surface area (Å²) in [7, 11) is 1.33. The van der Waals surface area contributed by atoms with E-state index in [4.69, 9.17) is 4.74 Å². The van der Waals surface area contributed by atoms with Crippen molar-refractivity contribution in [2.75, 3.05) is 25.1 Å². The van der Waals surface area contributed by atoms with Crippen molar-refractivity contribution in [1.82, 2.24) is 15.3 Å². The van der Waals surface area contributed by atoms with Gasteiger partial charge < -0.3 is 15.0 Å². The lowest BCUT2D eigenvalue weighted by Crippen LogP contribution is -2.51. The van der Waals surface area contributed by atoms with E-state index in [0.717, 1.165) is 37.9 Å². The molecule has 27 heavy (non-hydrogen) atoms. The summed E-state index contributed by atoms with van der Waals surface area (Å²) in [5, 5.41) is 3.26. The first-order valence-corrected chi connectivity index (χ1v) is 9.12. The number of ether oxygens (including phenoxy) is 1. The molecule has 3 heterocycles. The molecule has 2 fully saturated rings. The van der Waals surface area contributed by atoms with Crippen molar-refractivity contribution in [2.24, 2.45) is 0 Å². The van der Waals surface area contributed by atoms with E-state index in [1.54, 1.807) is 6.07 Å². The molecule has 0 bridgehead atoms.